The smallest absolute Gasteiger partial charge is 0.741 e. The van der Waals surface area contributed by atoms with Crippen LogP contribution in [0.1, 0.15) is 41.5 Å². The van der Waals surface area contributed by atoms with Gasteiger partial charge in [0.05, 0.1) is 5.56 Å². The summed E-state index contributed by atoms with van der Waals surface area (Å²) in [6, 6.07) is 98.1. The van der Waals surface area contributed by atoms with Crippen molar-refractivity contribution in [1.29, 1.82) is 0 Å². The molecule has 0 aliphatic carbocycles. The van der Waals surface area contributed by atoms with Crippen molar-refractivity contribution in [2.75, 3.05) is 0 Å². The van der Waals surface area contributed by atoms with Crippen LogP contribution in [0.3, 0.4) is 0 Å². The number of rotatable bonds is 11. The molecule has 82 heavy (non-hydrogen) atoms. The molecule has 1 aromatic heterocycles. The second kappa shape index (κ2) is 32.2. The van der Waals surface area contributed by atoms with Gasteiger partial charge in [-0.2, -0.15) is 43.5 Å². The van der Waals surface area contributed by atoms with Crippen molar-refractivity contribution in [1.82, 2.24) is 4.98 Å². The van der Waals surface area contributed by atoms with Crippen molar-refractivity contribution in [2.45, 2.75) is 31.3 Å². The van der Waals surface area contributed by atoms with E-state index in [1.54, 1.807) is 24.3 Å². The molecule has 0 atom stereocenters. The summed E-state index contributed by atoms with van der Waals surface area (Å²) in [7, 11) is -9.84. The fourth-order valence-corrected chi connectivity index (χ4v) is 17.2. The third-order valence-corrected chi connectivity index (χ3v) is 22.2. The number of pyridine rings is 1. The Morgan fingerprint density at radius 1 is 0.500 bits per heavy atom. The number of halogens is 3. The van der Waals surface area contributed by atoms with Crippen molar-refractivity contribution in [3.63, 3.8) is 0 Å². The average molecular weight is 1350 g/mol. The normalized spacial score (nSPS) is 11.0. The van der Waals surface area contributed by atoms with Crippen LogP contribution < -0.4 is 42.2 Å². The van der Waals surface area contributed by atoms with Gasteiger partial charge in [-0.15, -0.1) is 0 Å². The van der Waals surface area contributed by atoms with Crippen molar-refractivity contribution in [3.8, 4) is 0 Å². The SMILES string of the molecule is CC(C)(C)[Si](OC(=O)c1c[c-]ccc1)(c1ccccc1)c1ccccc1.O=C(O)c1cccnc1.O=S(=O)([O-])C(F)(F)F.[Pt+2].c1ccc(P(c2ccccc2)c2ccccc2)cc1.c1ccc(P(c2ccccc2)c2ccccc2)cc1. The molecule has 10 rings (SSSR count). The number of alkyl halides is 3. The zero-order valence-electron chi connectivity index (χ0n) is 44.8. The van der Waals surface area contributed by atoms with Crippen LogP contribution in [0.25, 0.3) is 0 Å². The summed E-state index contributed by atoms with van der Waals surface area (Å²) in [5, 5.41) is 18.7. The second-order valence-electron chi connectivity index (χ2n) is 18.5. The minimum atomic E-state index is -6.09. The van der Waals surface area contributed by atoms with Crippen molar-refractivity contribution < 1.29 is 66.3 Å². The molecule has 0 amide bonds. The van der Waals surface area contributed by atoms with Crippen LogP contribution in [0.15, 0.2) is 291 Å². The van der Waals surface area contributed by atoms with E-state index in [4.69, 9.17) is 22.5 Å². The fourth-order valence-electron chi connectivity index (χ4n) is 8.21. The molecular formula is C66H58F3NO7P2PtSSi. The van der Waals surface area contributed by atoms with E-state index in [1.807, 2.05) is 42.5 Å². The van der Waals surface area contributed by atoms with Gasteiger partial charge in [0.2, 0.25) is 0 Å². The van der Waals surface area contributed by atoms with Crippen molar-refractivity contribution in [3.05, 3.63) is 309 Å². The first-order valence-electron chi connectivity index (χ1n) is 25.3. The molecule has 0 aliphatic heterocycles. The van der Waals surface area contributed by atoms with E-state index in [0.717, 1.165) is 10.4 Å². The molecule has 1 N–H and O–H groups in total. The van der Waals surface area contributed by atoms with E-state index in [2.05, 4.69) is 238 Å². The van der Waals surface area contributed by atoms with Gasteiger partial charge in [-0.25, -0.2) is 13.2 Å². The summed E-state index contributed by atoms with van der Waals surface area (Å²) in [5.74, 6) is -1.24. The summed E-state index contributed by atoms with van der Waals surface area (Å²) in [4.78, 5) is 26.8. The molecule has 0 fully saturated rings. The first kappa shape index (κ1) is 65.3. The number of aromatic carboxylic acids is 1. The van der Waals surface area contributed by atoms with Crippen LogP contribution >= 0.6 is 15.8 Å². The number of carbonyl (C=O) groups is 2. The molecule has 420 valence electrons. The van der Waals surface area contributed by atoms with Crippen molar-refractivity contribution in [2.24, 2.45) is 0 Å². The van der Waals surface area contributed by atoms with Gasteiger partial charge in [0, 0.05) is 12.4 Å². The summed E-state index contributed by atoms with van der Waals surface area (Å²) in [6.07, 6.45) is 2.84. The van der Waals surface area contributed by atoms with E-state index >= 15 is 0 Å². The van der Waals surface area contributed by atoms with Gasteiger partial charge in [0.15, 0.2) is 10.1 Å². The summed E-state index contributed by atoms with van der Waals surface area (Å²) in [5.41, 5.74) is -4.90. The third kappa shape index (κ3) is 19.1. The first-order chi connectivity index (χ1) is 38.9. The van der Waals surface area contributed by atoms with Gasteiger partial charge >= 0.3 is 40.9 Å². The van der Waals surface area contributed by atoms with Gasteiger partial charge in [0.25, 0.3) is 5.97 Å². The minimum absolute atomic E-state index is 0. The van der Waals surface area contributed by atoms with E-state index in [0.29, 0.717) is 5.56 Å². The van der Waals surface area contributed by atoms with E-state index in [1.165, 1.54) is 50.3 Å². The molecule has 1 heterocycles. The van der Waals surface area contributed by atoms with E-state index in [9.17, 15) is 22.8 Å². The van der Waals surface area contributed by atoms with Crippen molar-refractivity contribution >= 4 is 88.4 Å². The number of nitrogens with zero attached hydrogens (tertiary/aromatic N) is 1. The predicted octanol–water partition coefficient (Wildman–Crippen LogP) is 11.9. The Bertz CT molecular complexity index is 3190. The predicted molar refractivity (Wildman–Crippen MR) is 326 cm³/mol. The van der Waals surface area contributed by atoms with Gasteiger partial charge < -0.3 is 14.1 Å². The summed E-state index contributed by atoms with van der Waals surface area (Å²) < 4.78 is 65.3. The molecule has 0 bridgehead atoms. The van der Waals surface area contributed by atoms with Crippen LogP contribution in [0.4, 0.5) is 13.2 Å². The molecular weight excluding hydrogens is 1290 g/mol. The van der Waals surface area contributed by atoms with Crippen LogP contribution in [0, 0.1) is 6.07 Å². The van der Waals surface area contributed by atoms with Gasteiger partial charge in [0.1, 0.15) is 0 Å². The molecule has 9 aromatic carbocycles. The Balaban J connectivity index is 0.000000198. The number of hydrogen-bond donors (Lipinski definition) is 1. The zero-order valence-corrected chi connectivity index (χ0v) is 50.7. The number of carbonyl (C=O) groups excluding carboxylic acids is 1. The Labute approximate surface area is 496 Å². The summed E-state index contributed by atoms with van der Waals surface area (Å²) >= 11 is 0. The maximum Gasteiger partial charge on any atom is 2.00 e. The van der Waals surface area contributed by atoms with E-state index < -0.39 is 45.8 Å². The topological polar surface area (TPSA) is 134 Å². The quantitative estimate of drug-likeness (QED) is 0.0445. The number of aromatic nitrogens is 1. The molecule has 0 spiro atoms. The Kier molecular flexibility index (Phi) is 25.7. The maximum absolute atomic E-state index is 13.0. The largest absolute Gasteiger partial charge is 2.00 e. The monoisotopic (exact) mass is 1350 g/mol. The number of benzene rings is 9. The van der Waals surface area contributed by atoms with Gasteiger partial charge in [-0.3, -0.25) is 9.78 Å². The third-order valence-electron chi connectivity index (χ3n) is 11.9. The number of carboxylic acid groups (broad SMARTS) is 1. The molecule has 10 aromatic rings. The Morgan fingerprint density at radius 2 is 0.793 bits per heavy atom. The van der Waals surface area contributed by atoms with Crippen LogP contribution in [0.5, 0.6) is 0 Å². The molecule has 0 radical (unpaired) electrons. The molecule has 8 nitrogen and oxygen atoms in total. The fraction of sp³-hybridized carbons (Fsp3) is 0.0758. The first-order valence-corrected chi connectivity index (χ1v) is 31.3. The van der Waals surface area contributed by atoms with Crippen LogP contribution in [0.2, 0.25) is 5.04 Å². The van der Waals surface area contributed by atoms with Crippen LogP contribution in [-0.2, 0) is 35.6 Å². The number of hydrogen-bond acceptors (Lipinski definition) is 7. The molecule has 16 heteroatoms. The summed E-state index contributed by atoms with van der Waals surface area (Å²) in [6.45, 7) is 6.47. The maximum atomic E-state index is 13.0. The number of carboxylic acids is 1. The molecule has 0 saturated heterocycles. The Hall–Kier alpha value is -7.46. The standard InChI is InChI=1S/C23H23O2Si.2C18H15P.C6H5NO2.CHF3O3S.Pt/c1-23(2,3)26(20-15-9-5-10-16-20,21-17-11-6-12-18-21)25-22(24)19-13-7-4-8-14-19;2*1-4-10-16(11-5-1)19(17-12-6-2-7-13-17)18-14-8-3-9-15-18;8-6(9)5-2-1-3-7-4-5;2-1(3,4)8(5,6)7;/h4-7,9-18H,1-3H3;2*1-15H;1-4H,(H,8,9);(H,5,6,7);/q-1;;;;;+2/p-1. The molecule has 0 unspecified atom stereocenters. The minimum Gasteiger partial charge on any atom is -0.741 e. The zero-order chi connectivity index (χ0) is 58.1. The van der Waals surface area contributed by atoms with Gasteiger partial charge in [-0.1, -0.05) is 269 Å². The molecule has 0 saturated carbocycles. The Morgan fingerprint density at radius 3 is 1.01 bits per heavy atom. The average Bonchev–Trinajstić information content (AvgIpc) is 3.59. The van der Waals surface area contributed by atoms with Crippen LogP contribution in [-0.4, -0.2) is 48.8 Å². The van der Waals surface area contributed by atoms with Gasteiger partial charge in [-0.05, 0) is 75.2 Å². The van der Waals surface area contributed by atoms with E-state index in [-0.39, 0.29) is 37.6 Å². The molecule has 0 aliphatic rings. The second-order valence-corrected chi connectivity index (χ2v) is 28.5.